The highest BCUT2D eigenvalue weighted by molar-refractivity contribution is 5.39. The highest BCUT2D eigenvalue weighted by Crippen LogP contribution is 2.33. The second kappa shape index (κ2) is 4.76. The van der Waals surface area contributed by atoms with Crippen LogP contribution in [0.2, 0.25) is 0 Å². The minimum Gasteiger partial charge on any atom is -0.394 e. The number of alkyl halides is 3. The van der Waals surface area contributed by atoms with Crippen LogP contribution in [0.15, 0.2) is 18.3 Å². The number of rotatable bonds is 3. The number of nitrogens with zero attached hydrogens (tertiary/aromatic N) is 1. The van der Waals surface area contributed by atoms with Gasteiger partial charge in [-0.3, -0.25) is 0 Å². The fourth-order valence-electron chi connectivity index (χ4n) is 2.28. The van der Waals surface area contributed by atoms with Crippen molar-refractivity contribution in [1.29, 1.82) is 0 Å². The van der Waals surface area contributed by atoms with Crippen LogP contribution in [0.3, 0.4) is 0 Å². The fourth-order valence-corrected chi connectivity index (χ4v) is 2.28. The largest absolute Gasteiger partial charge is 0.417 e. The highest BCUT2D eigenvalue weighted by Gasteiger charge is 2.34. The summed E-state index contributed by atoms with van der Waals surface area (Å²) < 4.78 is 37.1. The molecule has 0 radical (unpaired) electrons. The van der Waals surface area contributed by atoms with Crippen molar-refractivity contribution in [3.63, 3.8) is 0 Å². The van der Waals surface area contributed by atoms with Crippen molar-refractivity contribution in [3.05, 3.63) is 23.9 Å². The van der Waals surface area contributed by atoms with E-state index in [1.54, 1.807) is 0 Å². The van der Waals surface area contributed by atoms with Crippen molar-refractivity contribution in [1.82, 2.24) is 4.98 Å². The molecule has 1 aliphatic rings. The monoisotopic (exact) mass is 260 g/mol. The molecule has 0 saturated heterocycles. The molecule has 1 fully saturated rings. The van der Waals surface area contributed by atoms with Gasteiger partial charge in [-0.05, 0) is 25.0 Å². The molecule has 1 saturated carbocycles. The molecule has 2 N–H and O–H groups in total. The Morgan fingerprint density at radius 3 is 2.39 bits per heavy atom. The highest BCUT2D eigenvalue weighted by atomic mass is 19.4. The number of hydrogen-bond acceptors (Lipinski definition) is 3. The number of aliphatic hydroxyl groups is 1. The van der Waals surface area contributed by atoms with E-state index in [9.17, 15) is 18.3 Å². The lowest BCUT2D eigenvalue weighted by Crippen LogP contribution is -2.39. The number of anilines is 1. The van der Waals surface area contributed by atoms with Gasteiger partial charge in [0.1, 0.15) is 5.82 Å². The second-order valence-corrected chi connectivity index (χ2v) is 4.70. The van der Waals surface area contributed by atoms with Crippen LogP contribution in [-0.4, -0.2) is 22.2 Å². The number of nitrogens with one attached hydrogen (secondary N) is 1. The summed E-state index contributed by atoms with van der Waals surface area (Å²) in [5, 5.41) is 12.4. The average molecular weight is 260 g/mol. The first kappa shape index (κ1) is 13.1. The number of aliphatic hydroxyl groups excluding tert-OH is 1. The van der Waals surface area contributed by atoms with Crippen LogP contribution in [-0.2, 0) is 6.18 Å². The lowest BCUT2D eigenvalue weighted by molar-refractivity contribution is -0.137. The molecule has 0 aromatic carbocycles. The molecule has 18 heavy (non-hydrogen) atoms. The van der Waals surface area contributed by atoms with Crippen LogP contribution in [0.25, 0.3) is 0 Å². The average Bonchev–Trinajstić information content (AvgIpc) is 2.78. The van der Waals surface area contributed by atoms with Gasteiger partial charge >= 0.3 is 6.18 Å². The Hall–Kier alpha value is -1.30. The van der Waals surface area contributed by atoms with E-state index in [-0.39, 0.29) is 6.61 Å². The first-order valence-electron chi connectivity index (χ1n) is 5.87. The summed E-state index contributed by atoms with van der Waals surface area (Å²) in [7, 11) is 0. The summed E-state index contributed by atoms with van der Waals surface area (Å²) in [6.07, 6.45) is 0.0801. The Bertz CT molecular complexity index is 397. The Morgan fingerprint density at radius 1 is 1.28 bits per heavy atom. The maximum absolute atomic E-state index is 12.4. The minimum atomic E-state index is -4.37. The van der Waals surface area contributed by atoms with Gasteiger partial charge in [0.25, 0.3) is 0 Å². The van der Waals surface area contributed by atoms with Crippen LogP contribution in [0, 0.1) is 0 Å². The van der Waals surface area contributed by atoms with Crippen LogP contribution < -0.4 is 5.32 Å². The van der Waals surface area contributed by atoms with Gasteiger partial charge in [-0.15, -0.1) is 0 Å². The Balaban J connectivity index is 2.11. The van der Waals surface area contributed by atoms with Crippen LogP contribution >= 0.6 is 0 Å². The Labute approximate surface area is 103 Å². The van der Waals surface area contributed by atoms with Crippen molar-refractivity contribution < 1.29 is 18.3 Å². The number of aromatic nitrogens is 1. The smallest absolute Gasteiger partial charge is 0.394 e. The van der Waals surface area contributed by atoms with Crippen molar-refractivity contribution in [2.75, 3.05) is 11.9 Å². The summed E-state index contributed by atoms with van der Waals surface area (Å²) in [4.78, 5) is 3.76. The van der Waals surface area contributed by atoms with E-state index < -0.39 is 17.3 Å². The van der Waals surface area contributed by atoms with Gasteiger partial charge in [0, 0.05) is 6.20 Å². The molecule has 1 aliphatic carbocycles. The standard InChI is InChI=1S/C12H15F3N2O/c13-12(14,15)9-3-4-10(16-7-9)17-11(8-18)5-1-2-6-11/h3-4,7,18H,1-2,5-6,8H2,(H,16,17). The van der Waals surface area contributed by atoms with E-state index >= 15 is 0 Å². The molecule has 0 bridgehead atoms. The SMILES string of the molecule is OCC1(Nc2ccc(C(F)(F)F)cn2)CCCC1. The van der Waals surface area contributed by atoms with Crippen molar-refractivity contribution in [2.45, 2.75) is 37.4 Å². The summed E-state index contributed by atoms with van der Waals surface area (Å²) in [6.45, 7) is -0.0320. The molecule has 100 valence electrons. The number of pyridine rings is 1. The summed E-state index contributed by atoms with van der Waals surface area (Å²) in [6, 6.07) is 2.30. The number of hydrogen-bond donors (Lipinski definition) is 2. The predicted molar refractivity (Wildman–Crippen MR) is 61.1 cm³/mol. The summed E-state index contributed by atoms with van der Waals surface area (Å²) in [5.41, 5.74) is -1.19. The van der Waals surface area contributed by atoms with E-state index in [4.69, 9.17) is 0 Å². The van der Waals surface area contributed by atoms with Gasteiger partial charge in [0.2, 0.25) is 0 Å². The third-order valence-electron chi connectivity index (χ3n) is 3.35. The minimum absolute atomic E-state index is 0.0320. The Kier molecular flexibility index (Phi) is 3.47. The normalized spacial score (nSPS) is 18.9. The molecule has 3 nitrogen and oxygen atoms in total. The summed E-state index contributed by atoms with van der Waals surface area (Å²) in [5.74, 6) is 0.374. The zero-order valence-electron chi connectivity index (χ0n) is 9.80. The van der Waals surface area contributed by atoms with E-state index in [1.165, 1.54) is 6.07 Å². The van der Waals surface area contributed by atoms with Crippen molar-refractivity contribution in [3.8, 4) is 0 Å². The van der Waals surface area contributed by atoms with Crippen molar-refractivity contribution in [2.24, 2.45) is 0 Å². The lowest BCUT2D eigenvalue weighted by Gasteiger charge is -2.28. The lowest BCUT2D eigenvalue weighted by atomic mass is 9.99. The van der Waals surface area contributed by atoms with Crippen LogP contribution in [0.1, 0.15) is 31.2 Å². The third-order valence-corrected chi connectivity index (χ3v) is 3.35. The second-order valence-electron chi connectivity index (χ2n) is 4.70. The van der Waals surface area contributed by atoms with Crippen LogP contribution in [0.4, 0.5) is 19.0 Å². The molecular formula is C12H15F3N2O. The maximum Gasteiger partial charge on any atom is 0.417 e. The van der Waals surface area contributed by atoms with E-state index in [2.05, 4.69) is 10.3 Å². The summed E-state index contributed by atoms with van der Waals surface area (Å²) >= 11 is 0. The molecule has 0 unspecified atom stereocenters. The first-order valence-corrected chi connectivity index (χ1v) is 5.87. The third kappa shape index (κ3) is 2.75. The van der Waals surface area contributed by atoms with Gasteiger partial charge in [-0.25, -0.2) is 4.98 Å². The maximum atomic E-state index is 12.4. The van der Waals surface area contributed by atoms with Crippen LogP contribution in [0.5, 0.6) is 0 Å². The molecule has 0 atom stereocenters. The quantitative estimate of drug-likeness (QED) is 0.878. The van der Waals surface area contributed by atoms with E-state index in [0.717, 1.165) is 37.9 Å². The Morgan fingerprint density at radius 2 is 1.94 bits per heavy atom. The van der Waals surface area contributed by atoms with Gasteiger partial charge < -0.3 is 10.4 Å². The van der Waals surface area contributed by atoms with E-state index in [1.807, 2.05) is 0 Å². The molecule has 1 aromatic heterocycles. The molecule has 0 spiro atoms. The molecule has 1 aromatic rings. The zero-order valence-corrected chi connectivity index (χ0v) is 9.80. The molecule has 0 aliphatic heterocycles. The predicted octanol–water partition coefficient (Wildman–Crippen LogP) is 2.82. The zero-order chi connectivity index (χ0) is 13.2. The van der Waals surface area contributed by atoms with E-state index in [0.29, 0.717) is 5.82 Å². The van der Waals surface area contributed by atoms with Gasteiger partial charge in [-0.2, -0.15) is 13.2 Å². The van der Waals surface area contributed by atoms with Gasteiger partial charge in [-0.1, -0.05) is 12.8 Å². The molecular weight excluding hydrogens is 245 g/mol. The molecule has 2 rings (SSSR count). The first-order chi connectivity index (χ1) is 8.45. The topological polar surface area (TPSA) is 45.1 Å². The number of halogens is 3. The van der Waals surface area contributed by atoms with Crippen molar-refractivity contribution >= 4 is 5.82 Å². The molecule has 6 heteroatoms. The fraction of sp³-hybridized carbons (Fsp3) is 0.583. The van der Waals surface area contributed by atoms with Gasteiger partial charge in [0.05, 0.1) is 17.7 Å². The molecule has 1 heterocycles. The van der Waals surface area contributed by atoms with Gasteiger partial charge in [0.15, 0.2) is 0 Å². The molecule has 0 amide bonds.